The molecule has 0 saturated heterocycles. The summed E-state index contributed by atoms with van der Waals surface area (Å²) in [6.45, 7) is 5.19. The molecule has 27 heavy (non-hydrogen) atoms. The highest BCUT2D eigenvalue weighted by Gasteiger charge is 2.14. The van der Waals surface area contributed by atoms with E-state index in [4.69, 9.17) is 0 Å². The third-order valence-corrected chi connectivity index (χ3v) is 3.82. The number of rotatable bonds is 5. The molecule has 2 rings (SSSR count). The lowest BCUT2D eigenvalue weighted by molar-refractivity contribution is -0.116. The maximum absolute atomic E-state index is 12.6. The molecule has 0 aliphatic rings. The normalized spacial score (nSPS) is 10.3. The third kappa shape index (κ3) is 5.57. The summed E-state index contributed by atoms with van der Waals surface area (Å²) in [7, 11) is 1.68. The van der Waals surface area contributed by atoms with Crippen LogP contribution < -0.4 is 20.9 Å². The van der Waals surface area contributed by atoms with Crippen LogP contribution in [-0.2, 0) is 4.79 Å². The van der Waals surface area contributed by atoms with E-state index in [2.05, 4.69) is 16.0 Å². The molecule has 0 bridgehead atoms. The Hall–Kier alpha value is -3.35. The summed E-state index contributed by atoms with van der Waals surface area (Å²) in [6, 6.07) is 13.3. The van der Waals surface area contributed by atoms with Gasteiger partial charge in [-0.3, -0.25) is 9.59 Å². The predicted octanol–water partition coefficient (Wildman–Crippen LogP) is 3.45. The second kappa shape index (κ2) is 8.84. The van der Waals surface area contributed by atoms with Gasteiger partial charge in [-0.2, -0.15) is 0 Å². The lowest BCUT2D eigenvalue weighted by atomic mass is 10.1. The Morgan fingerprint density at radius 2 is 1.56 bits per heavy atom. The molecule has 7 heteroatoms. The van der Waals surface area contributed by atoms with Crippen molar-refractivity contribution in [1.29, 1.82) is 0 Å². The number of benzene rings is 2. The number of carbonyl (C=O) groups excluding carboxylic acids is 3. The van der Waals surface area contributed by atoms with Crippen LogP contribution in [0.3, 0.4) is 0 Å². The second-order valence-corrected chi connectivity index (χ2v) is 6.38. The average molecular weight is 368 g/mol. The minimum atomic E-state index is -0.373. The Morgan fingerprint density at radius 1 is 0.926 bits per heavy atom. The highest BCUT2D eigenvalue weighted by Crippen LogP contribution is 2.20. The molecule has 0 saturated carbocycles. The molecule has 0 aromatic heterocycles. The van der Waals surface area contributed by atoms with Crippen molar-refractivity contribution in [2.45, 2.75) is 26.8 Å². The van der Waals surface area contributed by atoms with Crippen molar-refractivity contribution in [3.63, 3.8) is 0 Å². The summed E-state index contributed by atoms with van der Waals surface area (Å²) in [5, 5.41) is 8.20. The number of hydrogen-bond acceptors (Lipinski definition) is 3. The van der Waals surface area contributed by atoms with Crippen LogP contribution >= 0.6 is 0 Å². The summed E-state index contributed by atoms with van der Waals surface area (Å²) in [6.07, 6.45) is 0. The first-order valence-electron chi connectivity index (χ1n) is 8.60. The van der Waals surface area contributed by atoms with Crippen molar-refractivity contribution in [3.05, 3.63) is 54.1 Å². The molecule has 0 atom stereocenters. The van der Waals surface area contributed by atoms with E-state index < -0.39 is 0 Å². The van der Waals surface area contributed by atoms with Crippen molar-refractivity contribution in [3.8, 4) is 0 Å². The first-order chi connectivity index (χ1) is 12.8. The molecule has 3 N–H and O–H groups in total. The van der Waals surface area contributed by atoms with E-state index in [1.54, 1.807) is 55.6 Å². The highest BCUT2D eigenvalue weighted by atomic mass is 16.2. The Bertz CT molecular complexity index is 831. The molecular weight excluding hydrogens is 344 g/mol. The molecule has 0 aliphatic carbocycles. The molecule has 4 amide bonds. The zero-order valence-electron chi connectivity index (χ0n) is 15.9. The second-order valence-electron chi connectivity index (χ2n) is 6.38. The van der Waals surface area contributed by atoms with Gasteiger partial charge in [0.05, 0.1) is 11.3 Å². The fraction of sp³-hybridized carbons (Fsp3) is 0.250. The first-order valence-corrected chi connectivity index (χ1v) is 8.60. The summed E-state index contributed by atoms with van der Waals surface area (Å²) >= 11 is 0. The minimum absolute atomic E-state index is 0.0161. The van der Waals surface area contributed by atoms with Crippen molar-refractivity contribution in [1.82, 2.24) is 5.32 Å². The third-order valence-electron chi connectivity index (χ3n) is 3.82. The smallest absolute Gasteiger partial charge is 0.319 e. The van der Waals surface area contributed by atoms with Crippen LogP contribution in [-0.4, -0.2) is 30.9 Å². The fourth-order valence-electron chi connectivity index (χ4n) is 2.36. The molecule has 0 radical (unpaired) electrons. The van der Waals surface area contributed by atoms with Crippen molar-refractivity contribution >= 4 is 34.9 Å². The topological polar surface area (TPSA) is 90.5 Å². The molecule has 0 unspecified atom stereocenters. The summed E-state index contributed by atoms with van der Waals surface area (Å²) in [5.74, 6) is -0.422. The van der Waals surface area contributed by atoms with Crippen LogP contribution in [0.1, 0.15) is 31.1 Å². The number of carbonyl (C=O) groups is 3. The van der Waals surface area contributed by atoms with E-state index in [-0.39, 0.29) is 23.9 Å². The Kier molecular flexibility index (Phi) is 6.54. The van der Waals surface area contributed by atoms with Gasteiger partial charge in [0.25, 0.3) is 5.91 Å². The number of nitrogens with one attached hydrogen (secondary N) is 3. The SMILES string of the molecule is CC(=O)N(C)c1ccc(NC(=O)c2ccccc2NC(=O)NC(C)C)cc1. The molecule has 0 fully saturated rings. The van der Waals surface area contributed by atoms with Gasteiger partial charge in [0, 0.05) is 31.4 Å². The lowest BCUT2D eigenvalue weighted by Gasteiger charge is -2.16. The predicted molar refractivity (Wildman–Crippen MR) is 107 cm³/mol. The monoisotopic (exact) mass is 368 g/mol. The Labute approximate surface area is 158 Å². The number of urea groups is 1. The Morgan fingerprint density at radius 3 is 2.15 bits per heavy atom. The Balaban J connectivity index is 2.12. The number of amides is 4. The molecule has 7 nitrogen and oxygen atoms in total. The number of para-hydroxylation sites is 1. The summed E-state index contributed by atoms with van der Waals surface area (Å²) in [4.78, 5) is 37.5. The van der Waals surface area contributed by atoms with Gasteiger partial charge in [-0.15, -0.1) is 0 Å². The summed E-state index contributed by atoms with van der Waals surface area (Å²) in [5.41, 5.74) is 2.08. The van der Waals surface area contributed by atoms with E-state index in [1.807, 2.05) is 13.8 Å². The average Bonchev–Trinajstić information content (AvgIpc) is 2.61. The van der Waals surface area contributed by atoms with Crippen LogP contribution in [0.25, 0.3) is 0 Å². The largest absolute Gasteiger partial charge is 0.336 e. The zero-order chi connectivity index (χ0) is 20.0. The maximum atomic E-state index is 12.6. The summed E-state index contributed by atoms with van der Waals surface area (Å²) < 4.78 is 0. The van der Waals surface area contributed by atoms with Gasteiger partial charge in [-0.05, 0) is 50.2 Å². The number of hydrogen-bond donors (Lipinski definition) is 3. The van der Waals surface area contributed by atoms with Gasteiger partial charge in [-0.25, -0.2) is 4.79 Å². The quantitative estimate of drug-likeness (QED) is 0.755. The molecule has 2 aromatic rings. The van der Waals surface area contributed by atoms with E-state index in [0.717, 1.165) is 5.69 Å². The van der Waals surface area contributed by atoms with Gasteiger partial charge < -0.3 is 20.9 Å². The van der Waals surface area contributed by atoms with E-state index >= 15 is 0 Å². The van der Waals surface area contributed by atoms with Gasteiger partial charge in [0.1, 0.15) is 0 Å². The van der Waals surface area contributed by atoms with Gasteiger partial charge in [-0.1, -0.05) is 12.1 Å². The van der Waals surface area contributed by atoms with Gasteiger partial charge in [0.15, 0.2) is 0 Å². The standard InChI is InChI=1S/C20H24N4O3/c1-13(2)21-20(27)23-18-8-6-5-7-17(18)19(26)22-15-9-11-16(12-10-15)24(4)14(3)25/h5-13H,1-4H3,(H,22,26)(H2,21,23,27). The number of anilines is 3. The lowest BCUT2D eigenvalue weighted by Crippen LogP contribution is -2.34. The van der Waals surface area contributed by atoms with E-state index in [9.17, 15) is 14.4 Å². The van der Waals surface area contributed by atoms with Crippen LogP contribution in [0.4, 0.5) is 21.9 Å². The van der Waals surface area contributed by atoms with Gasteiger partial charge >= 0.3 is 6.03 Å². The van der Waals surface area contributed by atoms with Gasteiger partial charge in [0.2, 0.25) is 5.91 Å². The van der Waals surface area contributed by atoms with Crippen LogP contribution in [0.2, 0.25) is 0 Å². The fourth-order valence-corrected chi connectivity index (χ4v) is 2.36. The van der Waals surface area contributed by atoms with E-state index in [1.165, 1.54) is 11.8 Å². The molecule has 0 spiro atoms. The molecule has 0 aliphatic heterocycles. The van der Waals surface area contributed by atoms with Crippen LogP contribution in [0.15, 0.2) is 48.5 Å². The van der Waals surface area contributed by atoms with Crippen molar-refractivity contribution in [2.24, 2.45) is 0 Å². The number of nitrogens with zero attached hydrogens (tertiary/aromatic N) is 1. The van der Waals surface area contributed by atoms with E-state index in [0.29, 0.717) is 16.9 Å². The highest BCUT2D eigenvalue weighted by molar-refractivity contribution is 6.10. The first kappa shape index (κ1) is 20.0. The minimum Gasteiger partial charge on any atom is -0.336 e. The zero-order valence-corrected chi connectivity index (χ0v) is 15.9. The van der Waals surface area contributed by atoms with Crippen molar-refractivity contribution < 1.29 is 14.4 Å². The molecule has 142 valence electrons. The molecular formula is C20H24N4O3. The maximum Gasteiger partial charge on any atom is 0.319 e. The molecule has 2 aromatic carbocycles. The van der Waals surface area contributed by atoms with Crippen LogP contribution in [0.5, 0.6) is 0 Å². The van der Waals surface area contributed by atoms with Crippen molar-refractivity contribution in [2.75, 3.05) is 22.6 Å². The molecule has 0 heterocycles. The van der Waals surface area contributed by atoms with Crippen LogP contribution in [0, 0.1) is 0 Å².